The Morgan fingerprint density at radius 2 is 2.15 bits per heavy atom. The summed E-state index contributed by atoms with van der Waals surface area (Å²) >= 11 is 1.33. The van der Waals surface area contributed by atoms with Crippen molar-refractivity contribution in [2.45, 2.75) is 18.3 Å². The van der Waals surface area contributed by atoms with E-state index in [1.54, 1.807) is 7.05 Å². The predicted octanol–water partition coefficient (Wildman–Crippen LogP) is 1.10. The van der Waals surface area contributed by atoms with Crippen LogP contribution in [0.5, 0.6) is 0 Å². The maximum absolute atomic E-state index is 13.1. The molecule has 0 aromatic carbocycles. The molecule has 0 spiro atoms. The van der Waals surface area contributed by atoms with E-state index in [9.17, 15) is 18.0 Å². The standard InChI is InChI=1S/C13H13F3N8OS/c1-7-5-9(13(14,15)16)24-10(19-7)8(6-18-24)11(25)17-3-4-26-12-20-21-22-23(12)2/h5-6H,3-4H2,1-2H3,(H,17,25). The van der Waals surface area contributed by atoms with E-state index in [0.29, 0.717) is 15.4 Å². The Kier molecular flexibility index (Phi) is 4.80. The third kappa shape index (κ3) is 3.61. The van der Waals surface area contributed by atoms with Crippen LogP contribution in [0.25, 0.3) is 5.65 Å². The zero-order valence-electron chi connectivity index (χ0n) is 13.6. The van der Waals surface area contributed by atoms with Crippen molar-refractivity contribution in [2.75, 3.05) is 12.3 Å². The molecule has 0 aliphatic heterocycles. The number of alkyl halides is 3. The molecule has 13 heteroatoms. The minimum absolute atomic E-state index is 0.0236. The molecule has 3 aromatic heterocycles. The zero-order chi connectivity index (χ0) is 18.9. The molecule has 0 saturated carbocycles. The van der Waals surface area contributed by atoms with Gasteiger partial charge in [-0.15, -0.1) is 5.10 Å². The van der Waals surface area contributed by atoms with Gasteiger partial charge in [-0.2, -0.15) is 18.3 Å². The first-order valence-electron chi connectivity index (χ1n) is 7.33. The second kappa shape index (κ2) is 6.90. The topological polar surface area (TPSA) is 103 Å². The van der Waals surface area contributed by atoms with E-state index in [1.165, 1.54) is 23.4 Å². The largest absolute Gasteiger partial charge is 0.433 e. The summed E-state index contributed by atoms with van der Waals surface area (Å²) in [5.74, 6) is -0.0673. The Morgan fingerprint density at radius 3 is 2.81 bits per heavy atom. The van der Waals surface area contributed by atoms with E-state index >= 15 is 0 Å². The van der Waals surface area contributed by atoms with Gasteiger partial charge in [-0.1, -0.05) is 11.8 Å². The number of nitrogens with one attached hydrogen (secondary N) is 1. The Bertz CT molecular complexity index is 951. The number of hydrogen-bond donors (Lipinski definition) is 1. The van der Waals surface area contributed by atoms with Gasteiger partial charge >= 0.3 is 6.18 Å². The van der Waals surface area contributed by atoms with Crippen LogP contribution in [-0.4, -0.2) is 53.0 Å². The molecular formula is C13H13F3N8OS. The Balaban J connectivity index is 1.72. The monoisotopic (exact) mass is 386 g/mol. The lowest BCUT2D eigenvalue weighted by molar-refractivity contribution is -0.142. The van der Waals surface area contributed by atoms with Crippen molar-refractivity contribution in [3.05, 3.63) is 29.2 Å². The molecular weight excluding hydrogens is 373 g/mol. The van der Waals surface area contributed by atoms with Crippen LogP contribution in [0, 0.1) is 6.92 Å². The quantitative estimate of drug-likeness (QED) is 0.517. The Morgan fingerprint density at radius 1 is 1.38 bits per heavy atom. The fraction of sp³-hybridized carbons (Fsp3) is 0.385. The molecule has 3 heterocycles. The molecule has 9 nitrogen and oxygen atoms in total. The molecule has 1 N–H and O–H groups in total. The summed E-state index contributed by atoms with van der Waals surface area (Å²) in [6, 6.07) is 0.882. The van der Waals surface area contributed by atoms with Crippen molar-refractivity contribution in [2.24, 2.45) is 7.05 Å². The Labute approximate surface area is 149 Å². The van der Waals surface area contributed by atoms with E-state index in [1.807, 2.05) is 0 Å². The highest BCUT2D eigenvalue weighted by Crippen LogP contribution is 2.30. The van der Waals surface area contributed by atoms with Gasteiger partial charge in [0.2, 0.25) is 5.16 Å². The third-order valence-corrected chi connectivity index (χ3v) is 4.35. The van der Waals surface area contributed by atoms with Crippen LogP contribution in [0.1, 0.15) is 21.7 Å². The van der Waals surface area contributed by atoms with Gasteiger partial charge < -0.3 is 5.32 Å². The van der Waals surface area contributed by atoms with Gasteiger partial charge in [0.1, 0.15) is 11.3 Å². The van der Waals surface area contributed by atoms with E-state index < -0.39 is 17.8 Å². The number of tetrazole rings is 1. The maximum atomic E-state index is 13.1. The molecule has 0 bridgehead atoms. The number of amides is 1. The molecule has 0 unspecified atom stereocenters. The minimum atomic E-state index is -4.60. The van der Waals surface area contributed by atoms with Crippen LogP contribution in [-0.2, 0) is 13.2 Å². The van der Waals surface area contributed by atoms with Gasteiger partial charge in [-0.25, -0.2) is 14.2 Å². The number of nitrogens with zero attached hydrogens (tertiary/aromatic N) is 7. The van der Waals surface area contributed by atoms with Gasteiger partial charge in [-0.3, -0.25) is 4.79 Å². The van der Waals surface area contributed by atoms with E-state index in [2.05, 4.69) is 30.9 Å². The van der Waals surface area contributed by atoms with Crippen molar-refractivity contribution in [3.63, 3.8) is 0 Å². The highest BCUT2D eigenvalue weighted by molar-refractivity contribution is 7.99. The average Bonchev–Trinajstić information content (AvgIpc) is 3.16. The van der Waals surface area contributed by atoms with Gasteiger partial charge in [0, 0.05) is 25.0 Å². The summed E-state index contributed by atoms with van der Waals surface area (Å²) in [7, 11) is 1.69. The molecule has 0 saturated heterocycles. The molecule has 0 atom stereocenters. The number of rotatable bonds is 5. The van der Waals surface area contributed by atoms with E-state index in [-0.39, 0.29) is 23.4 Å². The smallest absolute Gasteiger partial charge is 0.351 e. The zero-order valence-corrected chi connectivity index (χ0v) is 14.5. The van der Waals surface area contributed by atoms with Crippen LogP contribution in [0.2, 0.25) is 0 Å². The summed E-state index contributed by atoms with van der Waals surface area (Å²) in [6.07, 6.45) is -3.53. The molecule has 0 aliphatic carbocycles. The first kappa shape index (κ1) is 18.1. The number of hydrogen-bond acceptors (Lipinski definition) is 7. The highest BCUT2D eigenvalue weighted by atomic mass is 32.2. The van der Waals surface area contributed by atoms with Crippen LogP contribution in [0.4, 0.5) is 13.2 Å². The first-order chi connectivity index (χ1) is 12.3. The van der Waals surface area contributed by atoms with Gasteiger partial charge in [0.05, 0.1) is 6.20 Å². The van der Waals surface area contributed by atoms with Crippen molar-refractivity contribution >= 4 is 23.3 Å². The fourth-order valence-corrected chi connectivity index (χ4v) is 2.90. The second-order valence-corrected chi connectivity index (χ2v) is 6.33. The molecule has 3 aromatic rings. The molecule has 0 fully saturated rings. The number of aromatic nitrogens is 7. The van der Waals surface area contributed by atoms with E-state index in [4.69, 9.17) is 0 Å². The maximum Gasteiger partial charge on any atom is 0.433 e. The normalized spacial score (nSPS) is 11.9. The van der Waals surface area contributed by atoms with Gasteiger partial charge in [0.15, 0.2) is 5.65 Å². The number of thioether (sulfide) groups is 1. The molecule has 0 aliphatic rings. The lowest BCUT2D eigenvalue weighted by Gasteiger charge is -2.10. The number of carbonyl (C=O) groups is 1. The number of halogens is 3. The average molecular weight is 386 g/mol. The van der Waals surface area contributed by atoms with Crippen molar-refractivity contribution in [1.29, 1.82) is 0 Å². The van der Waals surface area contributed by atoms with Crippen LogP contribution in [0.3, 0.4) is 0 Å². The first-order valence-corrected chi connectivity index (χ1v) is 8.32. The number of carbonyl (C=O) groups excluding carboxylic acids is 1. The molecule has 0 radical (unpaired) electrons. The summed E-state index contributed by atoms with van der Waals surface area (Å²) in [4.78, 5) is 16.3. The lowest BCUT2D eigenvalue weighted by Crippen LogP contribution is -2.26. The SMILES string of the molecule is Cc1cc(C(F)(F)F)n2ncc(C(=O)NCCSc3nnnn3C)c2n1. The van der Waals surface area contributed by atoms with Gasteiger partial charge in [-0.05, 0) is 23.4 Å². The van der Waals surface area contributed by atoms with Crippen LogP contribution >= 0.6 is 11.8 Å². The van der Waals surface area contributed by atoms with Crippen LogP contribution in [0.15, 0.2) is 17.4 Å². The number of aryl methyl sites for hydroxylation is 2. The molecule has 3 rings (SSSR count). The molecule has 138 valence electrons. The van der Waals surface area contributed by atoms with Crippen molar-refractivity contribution < 1.29 is 18.0 Å². The van der Waals surface area contributed by atoms with Crippen molar-refractivity contribution in [1.82, 2.24) is 40.1 Å². The molecule has 26 heavy (non-hydrogen) atoms. The van der Waals surface area contributed by atoms with Crippen LogP contribution < -0.4 is 5.32 Å². The highest BCUT2D eigenvalue weighted by Gasteiger charge is 2.35. The summed E-state index contributed by atoms with van der Waals surface area (Å²) in [5.41, 5.74) is -1.00. The summed E-state index contributed by atoms with van der Waals surface area (Å²) in [6.45, 7) is 1.70. The predicted molar refractivity (Wildman–Crippen MR) is 84.6 cm³/mol. The summed E-state index contributed by atoms with van der Waals surface area (Å²) < 4.78 is 41.5. The Hall–Kier alpha value is -2.70. The third-order valence-electron chi connectivity index (χ3n) is 3.33. The molecule has 1 amide bonds. The summed E-state index contributed by atoms with van der Waals surface area (Å²) in [5, 5.41) is 17.8. The minimum Gasteiger partial charge on any atom is -0.351 e. The number of fused-ring (bicyclic) bond motifs is 1. The lowest BCUT2D eigenvalue weighted by atomic mass is 10.3. The second-order valence-electron chi connectivity index (χ2n) is 5.26. The van der Waals surface area contributed by atoms with E-state index in [0.717, 1.165) is 12.3 Å². The fourth-order valence-electron chi connectivity index (χ4n) is 2.19. The van der Waals surface area contributed by atoms with Crippen molar-refractivity contribution in [3.8, 4) is 0 Å². The van der Waals surface area contributed by atoms with Gasteiger partial charge in [0.25, 0.3) is 5.91 Å².